The number of nitrogens with one attached hydrogen (secondary N) is 2. The zero-order valence-electron chi connectivity index (χ0n) is 12.6. The second-order valence-electron chi connectivity index (χ2n) is 5.41. The molecule has 0 fully saturated rings. The number of ether oxygens (including phenoxy) is 1. The first-order valence-corrected chi connectivity index (χ1v) is 7.58. The summed E-state index contributed by atoms with van der Waals surface area (Å²) in [5, 5.41) is 5.54. The molecule has 0 radical (unpaired) electrons. The molecule has 1 aliphatic rings. The molecule has 5 heteroatoms. The van der Waals surface area contributed by atoms with Crippen LogP contribution < -0.4 is 10.6 Å². The monoisotopic (exact) mass is 310 g/mol. The summed E-state index contributed by atoms with van der Waals surface area (Å²) in [7, 11) is 0. The SMILES string of the molecule is O=C(NCCC1C(=O)Nc2ccccc21)OCc1ccccc1. The predicted octanol–water partition coefficient (Wildman–Crippen LogP) is 3.04. The van der Waals surface area contributed by atoms with E-state index in [2.05, 4.69) is 10.6 Å². The van der Waals surface area contributed by atoms with Crippen LogP contribution >= 0.6 is 0 Å². The van der Waals surface area contributed by atoms with Gasteiger partial charge in [-0.05, 0) is 23.6 Å². The van der Waals surface area contributed by atoms with Gasteiger partial charge in [0.1, 0.15) is 6.61 Å². The summed E-state index contributed by atoms with van der Waals surface area (Å²) in [6.07, 6.45) is 0.0732. The summed E-state index contributed by atoms with van der Waals surface area (Å²) in [6, 6.07) is 17.1. The fourth-order valence-corrected chi connectivity index (χ4v) is 2.66. The number of carbonyl (C=O) groups excluding carboxylic acids is 2. The van der Waals surface area contributed by atoms with Crippen molar-refractivity contribution in [1.82, 2.24) is 5.32 Å². The number of carbonyl (C=O) groups is 2. The van der Waals surface area contributed by atoms with Crippen molar-refractivity contribution in [3.05, 3.63) is 65.7 Å². The van der Waals surface area contributed by atoms with Crippen LogP contribution in [0.5, 0.6) is 0 Å². The van der Waals surface area contributed by atoms with Gasteiger partial charge >= 0.3 is 6.09 Å². The Hall–Kier alpha value is -2.82. The molecule has 2 aromatic carbocycles. The van der Waals surface area contributed by atoms with Gasteiger partial charge in [0.05, 0.1) is 5.92 Å². The van der Waals surface area contributed by atoms with Crippen molar-refractivity contribution in [2.24, 2.45) is 0 Å². The van der Waals surface area contributed by atoms with Crippen molar-refractivity contribution in [1.29, 1.82) is 0 Å². The molecule has 1 atom stereocenters. The standard InChI is InChI=1S/C18H18N2O3/c21-17-15(14-8-4-5-9-16(14)20-17)10-11-19-18(22)23-12-13-6-2-1-3-7-13/h1-9,15H,10-12H2,(H,19,22)(H,20,21). The van der Waals surface area contributed by atoms with E-state index < -0.39 is 6.09 Å². The second kappa shape index (κ2) is 6.96. The number of anilines is 1. The van der Waals surface area contributed by atoms with E-state index >= 15 is 0 Å². The van der Waals surface area contributed by atoms with Gasteiger partial charge in [-0.2, -0.15) is 0 Å². The third-order valence-corrected chi connectivity index (χ3v) is 3.83. The molecule has 0 saturated heterocycles. The van der Waals surface area contributed by atoms with E-state index in [9.17, 15) is 9.59 Å². The topological polar surface area (TPSA) is 67.4 Å². The highest BCUT2D eigenvalue weighted by molar-refractivity contribution is 6.02. The maximum atomic E-state index is 12.0. The lowest BCUT2D eigenvalue weighted by Gasteiger charge is -2.10. The number of rotatable bonds is 5. The number of alkyl carbamates (subject to hydrolysis) is 1. The first-order valence-electron chi connectivity index (χ1n) is 7.58. The zero-order chi connectivity index (χ0) is 16.1. The molecular formula is C18H18N2O3. The molecule has 2 amide bonds. The van der Waals surface area contributed by atoms with Crippen LogP contribution in [0.15, 0.2) is 54.6 Å². The number of amides is 2. The van der Waals surface area contributed by atoms with Crippen molar-refractivity contribution >= 4 is 17.7 Å². The number of fused-ring (bicyclic) bond motifs is 1. The molecule has 0 bridgehead atoms. The highest BCUT2D eigenvalue weighted by Crippen LogP contribution is 2.33. The highest BCUT2D eigenvalue weighted by Gasteiger charge is 2.29. The van der Waals surface area contributed by atoms with Gasteiger partial charge in [-0.15, -0.1) is 0 Å². The van der Waals surface area contributed by atoms with Gasteiger partial charge < -0.3 is 15.4 Å². The molecule has 0 aromatic heterocycles. The summed E-state index contributed by atoms with van der Waals surface area (Å²) >= 11 is 0. The third-order valence-electron chi connectivity index (χ3n) is 3.83. The number of hydrogen-bond acceptors (Lipinski definition) is 3. The average molecular weight is 310 g/mol. The molecule has 1 unspecified atom stereocenters. The van der Waals surface area contributed by atoms with E-state index in [4.69, 9.17) is 4.74 Å². The van der Waals surface area contributed by atoms with Crippen LogP contribution in [0.3, 0.4) is 0 Å². The molecule has 0 spiro atoms. The van der Waals surface area contributed by atoms with Gasteiger partial charge in [-0.1, -0.05) is 48.5 Å². The Labute approximate surface area is 134 Å². The highest BCUT2D eigenvalue weighted by atomic mass is 16.5. The Kier molecular flexibility index (Phi) is 4.57. The largest absolute Gasteiger partial charge is 0.445 e. The van der Waals surface area contributed by atoms with Gasteiger partial charge in [0.25, 0.3) is 0 Å². The molecule has 0 aliphatic carbocycles. The minimum Gasteiger partial charge on any atom is -0.445 e. The van der Waals surface area contributed by atoms with Crippen molar-refractivity contribution in [2.45, 2.75) is 18.9 Å². The lowest BCUT2D eigenvalue weighted by Crippen LogP contribution is -2.27. The summed E-state index contributed by atoms with van der Waals surface area (Å²) in [4.78, 5) is 23.6. The molecule has 2 aromatic rings. The maximum Gasteiger partial charge on any atom is 0.407 e. The summed E-state index contributed by atoms with van der Waals surface area (Å²) in [5.74, 6) is -0.244. The van der Waals surface area contributed by atoms with Crippen LogP contribution in [0.2, 0.25) is 0 Å². The Morgan fingerprint density at radius 3 is 2.65 bits per heavy atom. The van der Waals surface area contributed by atoms with E-state index in [1.807, 2.05) is 54.6 Å². The molecule has 2 N–H and O–H groups in total. The van der Waals surface area contributed by atoms with Crippen LogP contribution in [0, 0.1) is 0 Å². The lowest BCUT2D eigenvalue weighted by atomic mass is 9.97. The van der Waals surface area contributed by atoms with Crippen LogP contribution in [-0.4, -0.2) is 18.5 Å². The van der Waals surface area contributed by atoms with Crippen LogP contribution in [0.1, 0.15) is 23.5 Å². The lowest BCUT2D eigenvalue weighted by molar-refractivity contribution is -0.117. The van der Waals surface area contributed by atoms with Gasteiger partial charge in [-0.25, -0.2) is 4.79 Å². The second-order valence-corrected chi connectivity index (χ2v) is 5.41. The van der Waals surface area contributed by atoms with Gasteiger partial charge in [0.2, 0.25) is 5.91 Å². The van der Waals surface area contributed by atoms with E-state index in [0.717, 1.165) is 16.8 Å². The molecule has 1 aliphatic heterocycles. The molecule has 0 saturated carbocycles. The Morgan fingerprint density at radius 2 is 1.83 bits per heavy atom. The number of hydrogen-bond donors (Lipinski definition) is 2. The molecule has 23 heavy (non-hydrogen) atoms. The van der Waals surface area contributed by atoms with Crippen molar-refractivity contribution in [2.75, 3.05) is 11.9 Å². The first kappa shape index (κ1) is 15.1. The minimum absolute atomic E-state index is 0.0225. The van der Waals surface area contributed by atoms with E-state index in [1.165, 1.54) is 0 Å². The molecule has 1 heterocycles. The van der Waals surface area contributed by atoms with E-state index in [-0.39, 0.29) is 18.4 Å². The fraction of sp³-hybridized carbons (Fsp3) is 0.222. The summed E-state index contributed by atoms with van der Waals surface area (Å²) < 4.78 is 5.14. The van der Waals surface area contributed by atoms with Gasteiger partial charge in [0, 0.05) is 12.2 Å². The summed E-state index contributed by atoms with van der Waals surface area (Å²) in [6.45, 7) is 0.624. The van der Waals surface area contributed by atoms with Crippen LogP contribution in [-0.2, 0) is 16.1 Å². The molecule has 118 valence electrons. The van der Waals surface area contributed by atoms with Crippen molar-refractivity contribution < 1.29 is 14.3 Å². The van der Waals surface area contributed by atoms with Crippen molar-refractivity contribution in [3.8, 4) is 0 Å². The van der Waals surface area contributed by atoms with Crippen LogP contribution in [0.25, 0.3) is 0 Å². The molecular weight excluding hydrogens is 292 g/mol. The molecule has 5 nitrogen and oxygen atoms in total. The van der Waals surface area contributed by atoms with Gasteiger partial charge in [0.15, 0.2) is 0 Å². The first-order chi connectivity index (χ1) is 11.2. The normalized spacial score (nSPS) is 15.7. The third kappa shape index (κ3) is 3.69. The zero-order valence-corrected chi connectivity index (χ0v) is 12.6. The van der Waals surface area contributed by atoms with Crippen LogP contribution in [0.4, 0.5) is 10.5 Å². The minimum atomic E-state index is -0.472. The van der Waals surface area contributed by atoms with E-state index in [1.54, 1.807) is 0 Å². The predicted molar refractivity (Wildman–Crippen MR) is 87.1 cm³/mol. The Balaban J connectivity index is 1.44. The van der Waals surface area contributed by atoms with Gasteiger partial charge in [-0.3, -0.25) is 4.79 Å². The number of para-hydroxylation sites is 1. The quantitative estimate of drug-likeness (QED) is 0.892. The van der Waals surface area contributed by atoms with Crippen molar-refractivity contribution in [3.63, 3.8) is 0 Å². The molecule has 3 rings (SSSR count). The fourth-order valence-electron chi connectivity index (χ4n) is 2.66. The maximum absolute atomic E-state index is 12.0. The smallest absolute Gasteiger partial charge is 0.407 e. The number of benzene rings is 2. The Bertz CT molecular complexity index is 700. The Morgan fingerprint density at radius 1 is 1.09 bits per heavy atom. The summed E-state index contributed by atoms with van der Waals surface area (Å²) in [5.41, 5.74) is 2.78. The average Bonchev–Trinajstić information content (AvgIpc) is 2.90. The van der Waals surface area contributed by atoms with E-state index in [0.29, 0.717) is 13.0 Å².